The maximum absolute atomic E-state index is 13.8. The molecule has 0 spiro atoms. The van der Waals surface area contributed by atoms with Crippen LogP contribution in [-0.2, 0) is 0 Å². The Morgan fingerprint density at radius 1 is 1.35 bits per heavy atom. The molecule has 0 saturated carbocycles. The van der Waals surface area contributed by atoms with Crippen molar-refractivity contribution in [2.45, 2.75) is 39.7 Å². The van der Waals surface area contributed by atoms with E-state index in [9.17, 15) is 4.39 Å². The van der Waals surface area contributed by atoms with Crippen LogP contribution in [0.1, 0.15) is 45.2 Å². The monoisotopic (exact) mass is 239 g/mol. The summed E-state index contributed by atoms with van der Waals surface area (Å²) in [6, 6.07) is 4.98. The van der Waals surface area contributed by atoms with Crippen molar-refractivity contribution < 1.29 is 9.13 Å². The molecule has 1 aromatic carbocycles. The van der Waals surface area contributed by atoms with Gasteiger partial charge in [0.2, 0.25) is 0 Å². The molecule has 1 N–H and O–H groups in total. The molecule has 0 heterocycles. The van der Waals surface area contributed by atoms with E-state index in [-0.39, 0.29) is 11.9 Å². The van der Waals surface area contributed by atoms with E-state index in [1.165, 1.54) is 6.07 Å². The van der Waals surface area contributed by atoms with Gasteiger partial charge in [0.25, 0.3) is 0 Å². The van der Waals surface area contributed by atoms with Crippen LogP contribution in [0.4, 0.5) is 4.39 Å². The molecule has 3 heteroatoms. The first-order valence-corrected chi connectivity index (χ1v) is 6.35. The van der Waals surface area contributed by atoms with Gasteiger partial charge in [-0.15, -0.1) is 0 Å². The van der Waals surface area contributed by atoms with Gasteiger partial charge >= 0.3 is 0 Å². The molecule has 1 atom stereocenters. The fraction of sp³-hybridized carbons (Fsp3) is 0.571. The van der Waals surface area contributed by atoms with Crippen molar-refractivity contribution in [1.82, 2.24) is 5.32 Å². The second-order valence-electron chi connectivity index (χ2n) is 4.13. The highest BCUT2D eigenvalue weighted by molar-refractivity contribution is 5.37. The largest absolute Gasteiger partial charge is 0.493 e. The molecule has 1 unspecified atom stereocenters. The van der Waals surface area contributed by atoms with Gasteiger partial charge in [0, 0.05) is 11.6 Å². The summed E-state index contributed by atoms with van der Waals surface area (Å²) in [7, 11) is 0. The van der Waals surface area contributed by atoms with Crippen LogP contribution in [0.15, 0.2) is 18.2 Å². The average molecular weight is 239 g/mol. The lowest BCUT2D eigenvalue weighted by atomic mass is 10.1. The summed E-state index contributed by atoms with van der Waals surface area (Å²) < 4.78 is 19.5. The number of hydrogen-bond donors (Lipinski definition) is 1. The summed E-state index contributed by atoms with van der Waals surface area (Å²) >= 11 is 0. The summed E-state index contributed by atoms with van der Waals surface area (Å²) in [5, 5.41) is 3.21. The van der Waals surface area contributed by atoms with E-state index in [0.717, 1.165) is 19.4 Å². The first-order valence-electron chi connectivity index (χ1n) is 6.35. The van der Waals surface area contributed by atoms with Gasteiger partial charge in [0.1, 0.15) is 11.6 Å². The van der Waals surface area contributed by atoms with E-state index in [1.54, 1.807) is 6.07 Å². The van der Waals surface area contributed by atoms with Crippen LogP contribution in [-0.4, -0.2) is 13.2 Å². The molecule has 0 radical (unpaired) electrons. The second-order valence-corrected chi connectivity index (χ2v) is 4.13. The van der Waals surface area contributed by atoms with E-state index in [2.05, 4.69) is 12.2 Å². The van der Waals surface area contributed by atoms with Crippen molar-refractivity contribution in [3.63, 3.8) is 0 Å². The van der Waals surface area contributed by atoms with Crippen molar-refractivity contribution in [1.29, 1.82) is 0 Å². The molecule has 0 aromatic heterocycles. The number of ether oxygens (including phenoxy) is 1. The fourth-order valence-electron chi connectivity index (χ4n) is 1.80. The number of halogens is 1. The Morgan fingerprint density at radius 2 is 2.12 bits per heavy atom. The number of hydrogen-bond acceptors (Lipinski definition) is 2. The van der Waals surface area contributed by atoms with Crippen molar-refractivity contribution in [2.24, 2.45) is 0 Å². The standard InChI is InChI=1S/C14H22FNO/c1-4-6-10-17-13-9-7-8-12(15)14(13)11(3)16-5-2/h7-9,11,16H,4-6,10H2,1-3H3. The summed E-state index contributed by atoms with van der Waals surface area (Å²) in [4.78, 5) is 0. The van der Waals surface area contributed by atoms with E-state index in [4.69, 9.17) is 4.74 Å². The number of benzene rings is 1. The van der Waals surface area contributed by atoms with Gasteiger partial charge in [-0.25, -0.2) is 4.39 Å². The van der Waals surface area contributed by atoms with Crippen LogP contribution in [0, 0.1) is 5.82 Å². The molecule has 96 valence electrons. The van der Waals surface area contributed by atoms with Gasteiger partial charge in [0.05, 0.1) is 6.61 Å². The lowest BCUT2D eigenvalue weighted by molar-refractivity contribution is 0.300. The van der Waals surface area contributed by atoms with Crippen molar-refractivity contribution >= 4 is 0 Å². The molecule has 0 aliphatic carbocycles. The zero-order valence-corrected chi connectivity index (χ0v) is 10.9. The smallest absolute Gasteiger partial charge is 0.131 e. The SMILES string of the molecule is CCCCOc1cccc(F)c1C(C)NCC. The Bertz CT molecular complexity index is 341. The molecule has 0 amide bonds. The highest BCUT2D eigenvalue weighted by Gasteiger charge is 2.15. The summed E-state index contributed by atoms with van der Waals surface area (Å²) in [5.74, 6) is 0.458. The Labute approximate surface area is 103 Å². The molecular weight excluding hydrogens is 217 g/mol. The first kappa shape index (κ1) is 14.0. The lowest BCUT2D eigenvalue weighted by Crippen LogP contribution is -2.20. The van der Waals surface area contributed by atoms with Gasteiger partial charge in [-0.05, 0) is 32.0 Å². The van der Waals surface area contributed by atoms with Crippen LogP contribution in [0.2, 0.25) is 0 Å². The van der Waals surface area contributed by atoms with Crippen LogP contribution >= 0.6 is 0 Å². The molecular formula is C14H22FNO. The first-order chi connectivity index (χ1) is 8.20. The van der Waals surface area contributed by atoms with Crippen molar-refractivity contribution in [2.75, 3.05) is 13.2 Å². The number of rotatable bonds is 7. The van der Waals surface area contributed by atoms with Gasteiger partial charge < -0.3 is 10.1 Å². The third kappa shape index (κ3) is 4.00. The molecule has 0 bridgehead atoms. The minimum atomic E-state index is -0.201. The van der Waals surface area contributed by atoms with Crippen LogP contribution in [0.3, 0.4) is 0 Å². The highest BCUT2D eigenvalue weighted by atomic mass is 19.1. The Balaban J connectivity index is 2.83. The van der Waals surface area contributed by atoms with E-state index >= 15 is 0 Å². The van der Waals surface area contributed by atoms with E-state index in [0.29, 0.717) is 17.9 Å². The third-order valence-electron chi connectivity index (χ3n) is 2.71. The summed E-state index contributed by atoms with van der Waals surface area (Å²) in [6.07, 6.45) is 2.07. The lowest BCUT2D eigenvalue weighted by Gasteiger charge is -2.18. The normalized spacial score (nSPS) is 12.5. The Hall–Kier alpha value is -1.09. The van der Waals surface area contributed by atoms with Gasteiger partial charge in [-0.1, -0.05) is 26.3 Å². The molecule has 2 nitrogen and oxygen atoms in total. The molecule has 0 fully saturated rings. The van der Waals surface area contributed by atoms with Crippen molar-refractivity contribution in [3.05, 3.63) is 29.6 Å². The fourth-order valence-corrected chi connectivity index (χ4v) is 1.80. The minimum Gasteiger partial charge on any atom is -0.493 e. The average Bonchev–Trinajstić information content (AvgIpc) is 2.29. The molecule has 1 aromatic rings. The Kier molecular flexibility index (Phi) is 5.98. The molecule has 17 heavy (non-hydrogen) atoms. The van der Waals surface area contributed by atoms with E-state index in [1.807, 2.05) is 19.9 Å². The number of unbranched alkanes of at least 4 members (excludes halogenated alkanes) is 1. The van der Waals surface area contributed by atoms with Crippen molar-refractivity contribution in [3.8, 4) is 5.75 Å². The molecule has 0 aliphatic heterocycles. The van der Waals surface area contributed by atoms with Crippen LogP contribution < -0.4 is 10.1 Å². The van der Waals surface area contributed by atoms with Gasteiger partial charge in [0.15, 0.2) is 0 Å². The maximum atomic E-state index is 13.8. The summed E-state index contributed by atoms with van der Waals surface area (Å²) in [5.41, 5.74) is 0.630. The third-order valence-corrected chi connectivity index (χ3v) is 2.71. The predicted molar refractivity (Wildman–Crippen MR) is 68.9 cm³/mol. The topological polar surface area (TPSA) is 21.3 Å². The predicted octanol–water partition coefficient (Wildman–Crippen LogP) is 3.68. The maximum Gasteiger partial charge on any atom is 0.131 e. The Morgan fingerprint density at radius 3 is 2.76 bits per heavy atom. The van der Waals surface area contributed by atoms with Gasteiger partial charge in [-0.2, -0.15) is 0 Å². The molecule has 0 aliphatic rings. The number of nitrogens with one attached hydrogen (secondary N) is 1. The minimum absolute atomic E-state index is 0.0298. The van der Waals surface area contributed by atoms with Crippen LogP contribution in [0.5, 0.6) is 5.75 Å². The second kappa shape index (κ2) is 7.28. The quantitative estimate of drug-likeness (QED) is 0.733. The summed E-state index contributed by atoms with van der Waals surface area (Å²) in [6.45, 7) is 7.52. The van der Waals surface area contributed by atoms with E-state index < -0.39 is 0 Å². The molecule has 1 rings (SSSR count). The zero-order chi connectivity index (χ0) is 12.7. The van der Waals surface area contributed by atoms with Gasteiger partial charge in [-0.3, -0.25) is 0 Å². The highest BCUT2D eigenvalue weighted by Crippen LogP contribution is 2.28. The zero-order valence-electron chi connectivity index (χ0n) is 10.9. The van der Waals surface area contributed by atoms with Crippen LogP contribution in [0.25, 0.3) is 0 Å². The molecule has 0 saturated heterocycles.